The number of halogens is 2. The van der Waals surface area contributed by atoms with Crippen LogP contribution in [0.5, 0.6) is 0 Å². The van der Waals surface area contributed by atoms with Gasteiger partial charge in [-0.3, -0.25) is 14.2 Å². The van der Waals surface area contributed by atoms with Crippen LogP contribution in [0.25, 0.3) is 10.9 Å². The second kappa shape index (κ2) is 6.51. The van der Waals surface area contributed by atoms with Crippen molar-refractivity contribution in [1.82, 2.24) is 9.55 Å². The molecule has 0 aliphatic carbocycles. The number of carbonyl (C=O) groups is 1. The normalized spacial score (nSPS) is 10.8. The molecule has 1 heterocycles. The van der Waals surface area contributed by atoms with E-state index in [1.165, 1.54) is 16.7 Å². The summed E-state index contributed by atoms with van der Waals surface area (Å²) in [5.41, 5.74) is 6.92. The molecule has 1 aromatic heterocycles. The number of nitrogen functional groups attached to an aromatic ring is 1. The van der Waals surface area contributed by atoms with Gasteiger partial charge in [0.1, 0.15) is 0 Å². The SMILES string of the molecule is Cn1c(=S)[nH]c2cc(C(=O)Nc3cc(Cl)c(N)c(Cl)c3)ccc2c1=O. The average Bonchev–Trinajstić information content (AvgIpc) is 2.57. The molecule has 0 spiro atoms. The Morgan fingerprint density at radius 1 is 1.24 bits per heavy atom. The Kier molecular flexibility index (Phi) is 4.55. The van der Waals surface area contributed by atoms with Gasteiger partial charge >= 0.3 is 0 Å². The number of carbonyl (C=O) groups excluding carboxylic acids is 1. The van der Waals surface area contributed by atoms with E-state index in [0.717, 1.165) is 0 Å². The van der Waals surface area contributed by atoms with Crippen molar-refractivity contribution in [3.63, 3.8) is 0 Å². The van der Waals surface area contributed by atoms with Crippen LogP contribution in [0.15, 0.2) is 35.1 Å². The average molecular weight is 395 g/mol. The van der Waals surface area contributed by atoms with Gasteiger partial charge < -0.3 is 16.0 Å². The summed E-state index contributed by atoms with van der Waals surface area (Å²) in [6.07, 6.45) is 0. The van der Waals surface area contributed by atoms with Gasteiger partial charge in [-0.15, -0.1) is 0 Å². The molecule has 4 N–H and O–H groups in total. The Morgan fingerprint density at radius 3 is 2.52 bits per heavy atom. The lowest BCUT2D eigenvalue weighted by molar-refractivity contribution is 0.102. The van der Waals surface area contributed by atoms with E-state index in [1.54, 1.807) is 25.2 Å². The predicted octanol–water partition coefficient (Wildman–Crippen LogP) is 3.74. The van der Waals surface area contributed by atoms with Gasteiger partial charge in [-0.2, -0.15) is 0 Å². The highest BCUT2D eigenvalue weighted by Crippen LogP contribution is 2.31. The van der Waals surface area contributed by atoms with Gasteiger partial charge in [0, 0.05) is 18.3 Å². The van der Waals surface area contributed by atoms with E-state index in [2.05, 4.69) is 10.3 Å². The molecular formula is C16H12Cl2N4O2S. The van der Waals surface area contributed by atoms with Gasteiger partial charge in [0.15, 0.2) is 4.77 Å². The minimum atomic E-state index is -0.390. The van der Waals surface area contributed by atoms with Crippen molar-refractivity contribution in [2.45, 2.75) is 0 Å². The van der Waals surface area contributed by atoms with Gasteiger partial charge in [-0.25, -0.2) is 0 Å². The fourth-order valence-corrected chi connectivity index (χ4v) is 2.99. The fraction of sp³-hybridized carbons (Fsp3) is 0.0625. The molecule has 1 amide bonds. The predicted molar refractivity (Wildman–Crippen MR) is 103 cm³/mol. The molecule has 3 aromatic rings. The van der Waals surface area contributed by atoms with Crippen LogP contribution < -0.4 is 16.6 Å². The van der Waals surface area contributed by atoms with Crippen LogP contribution in [0, 0.1) is 4.77 Å². The molecule has 25 heavy (non-hydrogen) atoms. The van der Waals surface area contributed by atoms with Gasteiger partial charge in [-0.05, 0) is 42.5 Å². The van der Waals surface area contributed by atoms with Crippen LogP contribution in [0.1, 0.15) is 10.4 Å². The number of H-pyrrole nitrogens is 1. The van der Waals surface area contributed by atoms with Crippen LogP contribution >= 0.6 is 35.4 Å². The number of aromatic amines is 1. The molecule has 128 valence electrons. The number of rotatable bonds is 2. The second-order valence-corrected chi connectivity index (χ2v) is 6.56. The smallest absolute Gasteiger partial charge is 0.261 e. The van der Waals surface area contributed by atoms with Crippen molar-refractivity contribution in [2.75, 3.05) is 11.1 Å². The van der Waals surface area contributed by atoms with E-state index < -0.39 is 0 Å². The van der Waals surface area contributed by atoms with Crippen LogP contribution in [-0.2, 0) is 7.05 Å². The molecule has 0 atom stereocenters. The summed E-state index contributed by atoms with van der Waals surface area (Å²) in [6.45, 7) is 0. The van der Waals surface area contributed by atoms with Gasteiger partial charge in [-0.1, -0.05) is 23.2 Å². The zero-order chi connectivity index (χ0) is 18.3. The molecule has 0 unspecified atom stereocenters. The number of nitrogens with one attached hydrogen (secondary N) is 2. The van der Waals surface area contributed by atoms with Crippen molar-refractivity contribution in [1.29, 1.82) is 0 Å². The number of aromatic nitrogens is 2. The van der Waals surface area contributed by atoms with E-state index in [1.807, 2.05) is 0 Å². The molecule has 9 heteroatoms. The number of nitrogens with two attached hydrogens (primary N) is 1. The Hall–Kier alpha value is -2.35. The molecule has 6 nitrogen and oxygen atoms in total. The Labute approximate surface area is 157 Å². The van der Waals surface area contributed by atoms with E-state index >= 15 is 0 Å². The fourth-order valence-electron chi connectivity index (χ4n) is 2.31. The first kappa shape index (κ1) is 17.5. The minimum absolute atomic E-state index is 0.234. The third kappa shape index (κ3) is 3.26. The van der Waals surface area contributed by atoms with Crippen molar-refractivity contribution in [3.05, 3.63) is 61.1 Å². The number of nitrogens with zero attached hydrogens (tertiary/aromatic N) is 1. The third-order valence-corrected chi connectivity index (χ3v) is 4.70. The summed E-state index contributed by atoms with van der Waals surface area (Å²) < 4.78 is 1.60. The number of benzene rings is 2. The summed E-state index contributed by atoms with van der Waals surface area (Å²) in [5, 5.41) is 3.61. The first-order chi connectivity index (χ1) is 11.8. The molecule has 0 aliphatic rings. The molecule has 2 aromatic carbocycles. The maximum Gasteiger partial charge on any atom is 0.261 e. The van der Waals surface area contributed by atoms with Crippen LogP contribution in [0.2, 0.25) is 10.0 Å². The maximum atomic E-state index is 12.5. The van der Waals surface area contributed by atoms with Crippen LogP contribution in [0.4, 0.5) is 11.4 Å². The number of amides is 1. The molecule has 0 fully saturated rings. The topological polar surface area (TPSA) is 92.9 Å². The molecule has 3 rings (SSSR count). The Balaban J connectivity index is 1.99. The Morgan fingerprint density at radius 2 is 1.88 bits per heavy atom. The second-order valence-electron chi connectivity index (χ2n) is 5.36. The van der Waals surface area contributed by atoms with Crippen molar-refractivity contribution in [3.8, 4) is 0 Å². The Bertz CT molecular complexity index is 1110. The number of anilines is 2. The van der Waals surface area contributed by atoms with E-state index in [4.69, 9.17) is 41.2 Å². The number of fused-ring (bicyclic) bond motifs is 1. The lowest BCUT2D eigenvalue weighted by Gasteiger charge is -2.09. The molecule has 0 radical (unpaired) electrons. The lowest BCUT2D eigenvalue weighted by Crippen LogP contribution is -2.19. The van der Waals surface area contributed by atoms with E-state index in [0.29, 0.717) is 22.2 Å². The van der Waals surface area contributed by atoms with E-state index in [-0.39, 0.29) is 32.0 Å². The molecule has 0 saturated heterocycles. The maximum absolute atomic E-state index is 12.5. The highest BCUT2D eigenvalue weighted by atomic mass is 35.5. The number of hydrogen-bond donors (Lipinski definition) is 3. The standard InChI is InChI=1S/C16H12Cl2N4O2S/c1-22-15(24)9-3-2-7(4-12(9)21-16(22)25)14(23)20-8-5-10(17)13(19)11(18)6-8/h2-6H,19H2,1H3,(H,20,23)(H,21,25). The first-order valence-electron chi connectivity index (χ1n) is 7.07. The zero-order valence-electron chi connectivity index (χ0n) is 12.9. The summed E-state index contributed by atoms with van der Waals surface area (Å²) in [6, 6.07) is 7.69. The van der Waals surface area contributed by atoms with Crippen molar-refractivity contribution < 1.29 is 4.79 Å². The van der Waals surface area contributed by atoms with Gasteiger partial charge in [0.25, 0.3) is 11.5 Å². The molecule has 0 bridgehead atoms. The van der Waals surface area contributed by atoms with Crippen molar-refractivity contribution >= 4 is 63.6 Å². The molecule has 0 saturated carbocycles. The van der Waals surface area contributed by atoms with Gasteiger partial charge in [0.05, 0.1) is 26.6 Å². The highest BCUT2D eigenvalue weighted by Gasteiger charge is 2.12. The zero-order valence-corrected chi connectivity index (χ0v) is 15.2. The van der Waals surface area contributed by atoms with Crippen LogP contribution in [-0.4, -0.2) is 15.5 Å². The quantitative estimate of drug-likeness (QED) is 0.455. The lowest BCUT2D eigenvalue weighted by atomic mass is 10.1. The summed E-state index contributed by atoms with van der Waals surface area (Å²) >= 11 is 17.0. The summed E-state index contributed by atoms with van der Waals surface area (Å²) in [5.74, 6) is -0.390. The van der Waals surface area contributed by atoms with E-state index in [9.17, 15) is 9.59 Å². The van der Waals surface area contributed by atoms with Gasteiger partial charge in [0.2, 0.25) is 0 Å². The summed E-state index contributed by atoms with van der Waals surface area (Å²) in [7, 11) is 1.58. The van der Waals surface area contributed by atoms with Crippen LogP contribution in [0.3, 0.4) is 0 Å². The molecular weight excluding hydrogens is 383 g/mol. The first-order valence-corrected chi connectivity index (χ1v) is 8.23. The highest BCUT2D eigenvalue weighted by molar-refractivity contribution is 7.71. The van der Waals surface area contributed by atoms with Crippen molar-refractivity contribution in [2.24, 2.45) is 7.05 Å². The monoisotopic (exact) mass is 394 g/mol. The summed E-state index contributed by atoms with van der Waals surface area (Å²) in [4.78, 5) is 27.5. The molecule has 0 aliphatic heterocycles. The minimum Gasteiger partial charge on any atom is -0.396 e. The third-order valence-electron chi connectivity index (χ3n) is 3.70. The number of hydrogen-bond acceptors (Lipinski definition) is 4. The largest absolute Gasteiger partial charge is 0.396 e.